The summed E-state index contributed by atoms with van der Waals surface area (Å²) in [4.78, 5) is 17.5. The minimum absolute atomic E-state index is 0.0902. The normalized spacial score (nSPS) is 10.8. The zero-order chi connectivity index (χ0) is 22.5. The molecule has 0 saturated carbocycles. The fourth-order valence-corrected chi connectivity index (χ4v) is 4.12. The molecule has 0 saturated heterocycles. The summed E-state index contributed by atoms with van der Waals surface area (Å²) in [5.74, 6) is -0.889. The van der Waals surface area contributed by atoms with Crippen molar-refractivity contribution in [3.05, 3.63) is 101 Å². The van der Waals surface area contributed by atoms with Gasteiger partial charge in [0.25, 0.3) is 0 Å². The first-order chi connectivity index (χ1) is 15.5. The Morgan fingerprint density at radius 1 is 0.938 bits per heavy atom. The summed E-state index contributed by atoms with van der Waals surface area (Å²) >= 11 is 7.34. The van der Waals surface area contributed by atoms with Gasteiger partial charge in [-0.3, -0.25) is 4.79 Å². The molecule has 3 aromatic carbocycles. The summed E-state index contributed by atoms with van der Waals surface area (Å²) in [7, 11) is 0. The number of hydrogen-bond donors (Lipinski definition) is 1. The van der Waals surface area contributed by atoms with Gasteiger partial charge in [0.2, 0.25) is 11.2 Å². The SMILES string of the molecule is O=C(Cc1ccc(F)cc1)Nc1ccccc1Sc1nc(Cl)nn1Cc1ccc(F)cc1. The number of rotatable bonds is 7. The summed E-state index contributed by atoms with van der Waals surface area (Å²) in [6, 6.07) is 19.2. The highest BCUT2D eigenvalue weighted by Gasteiger charge is 2.15. The van der Waals surface area contributed by atoms with E-state index >= 15 is 0 Å². The van der Waals surface area contributed by atoms with Gasteiger partial charge >= 0.3 is 0 Å². The number of anilines is 1. The van der Waals surface area contributed by atoms with Gasteiger partial charge in [-0.05, 0) is 70.9 Å². The number of amides is 1. The maximum absolute atomic E-state index is 13.2. The van der Waals surface area contributed by atoms with Gasteiger partial charge in [0.1, 0.15) is 11.6 Å². The molecule has 9 heteroatoms. The van der Waals surface area contributed by atoms with Crippen molar-refractivity contribution in [3.63, 3.8) is 0 Å². The number of benzene rings is 3. The third-order valence-electron chi connectivity index (χ3n) is 4.50. The molecule has 0 fully saturated rings. The van der Waals surface area contributed by atoms with Crippen LogP contribution in [0.15, 0.2) is 82.8 Å². The molecule has 1 N–H and O–H groups in total. The molecule has 4 aromatic rings. The van der Waals surface area contributed by atoms with Crippen LogP contribution < -0.4 is 5.32 Å². The van der Waals surface area contributed by atoms with Gasteiger partial charge in [-0.25, -0.2) is 13.5 Å². The lowest BCUT2D eigenvalue weighted by Crippen LogP contribution is -2.15. The van der Waals surface area contributed by atoms with E-state index in [0.717, 1.165) is 10.5 Å². The highest BCUT2D eigenvalue weighted by atomic mass is 35.5. The fourth-order valence-electron chi connectivity index (χ4n) is 2.98. The molecule has 5 nitrogen and oxygen atoms in total. The van der Waals surface area contributed by atoms with Crippen molar-refractivity contribution in [1.82, 2.24) is 14.8 Å². The minimum Gasteiger partial charge on any atom is -0.325 e. The van der Waals surface area contributed by atoms with Crippen molar-refractivity contribution in [2.45, 2.75) is 23.0 Å². The summed E-state index contributed by atoms with van der Waals surface area (Å²) < 4.78 is 27.9. The van der Waals surface area contributed by atoms with Gasteiger partial charge < -0.3 is 5.32 Å². The van der Waals surface area contributed by atoms with Crippen LogP contribution in [0.3, 0.4) is 0 Å². The highest BCUT2D eigenvalue weighted by molar-refractivity contribution is 7.99. The molecule has 0 aliphatic rings. The van der Waals surface area contributed by atoms with Crippen LogP contribution in [0.25, 0.3) is 0 Å². The van der Waals surface area contributed by atoms with Crippen molar-refractivity contribution in [2.75, 3.05) is 5.32 Å². The van der Waals surface area contributed by atoms with E-state index in [1.807, 2.05) is 18.2 Å². The smallest absolute Gasteiger partial charge is 0.243 e. The van der Waals surface area contributed by atoms with Gasteiger partial charge in [-0.15, -0.1) is 5.10 Å². The van der Waals surface area contributed by atoms with Crippen LogP contribution in [0.2, 0.25) is 5.28 Å². The molecule has 1 amide bonds. The second-order valence-corrected chi connectivity index (χ2v) is 8.24. The Bertz CT molecular complexity index is 1230. The first-order valence-electron chi connectivity index (χ1n) is 9.62. The maximum Gasteiger partial charge on any atom is 0.243 e. The Balaban J connectivity index is 1.50. The van der Waals surface area contributed by atoms with Crippen LogP contribution in [-0.2, 0) is 17.8 Å². The number of nitrogens with one attached hydrogen (secondary N) is 1. The molecule has 162 valence electrons. The number of nitrogens with zero attached hydrogens (tertiary/aromatic N) is 3. The molecule has 0 aliphatic heterocycles. The van der Waals surface area contributed by atoms with Crippen molar-refractivity contribution >= 4 is 35.0 Å². The summed E-state index contributed by atoms with van der Waals surface area (Å²) in [6.07, 6.45) is 0.117. The third-order valence-corrected chi connectivity index (χ3v) is 5.72. The predicted octanol–water partition coefficient (Wildman–Crippen LogP) is 5.59. The molecule has 0 bridgehead atoms. The Labute approximate surface area is 192 Å². The van der Waals surface area contributed by atoms with Gasteiger partial charge in [0.15, 0.2) is 5.16 Å². The molecule has 32 heavy (non-hydrogen) atoms. The van der Waals surface area contributed by atoms with Crippen LogP contribution in [0.4, 0.5) is 14.5 Å². The molecule has 0 radical (unpaired) electrons. The predicted molar refractivity (Wildman–Crippen MR) is 120 cm³/mol. The lowest BCUT2D eigenvalue weighted by molar-refractivity contribution is -0.115. The maximum atomic E-state index is 13.2. The lowest BCUT2D eigenvalue weighted by Gasteiger charge is -2.11. The van der Waals surface area contributed by atoms with E-state index in [9.17, 15) is 13.6 Å². The van der Waals surface area contributed by atoms with Gasteiger partial charge in [-0.2, -0.15) is 4.98 Å². The Kier molecular flexibility index (Phi) is 6.82. The number of carbonyl (C=O) groups is 1. The van der Waals surface area contributed by atoms with Crippen molar-refractivity contribution in [3.8, 4) is 0 Å². The molecule has 0 aliphatic carbocycles. The molecule has 1 aromatic heterocycles. The van der Waals surface area contributed by atoms with E-state index in [1.54, 1.807) is 35.0 Å². The van der Waals surface area contributed by atoms with Crippen molar-refractivity contribution in [1.29, 1.82) is 0 Å². The average Bonchev–Trinajstić information content (AvgIpc) is 3.11. The number of hydrogen-bond acceptors (Lipinski definition) is 4. The third kappa shape index (κ3) is 5.72. The lowest BCUT2D eigenvalue weighted by atomic mass is 10.1. The number of halogens is 3. The van der Waals surface area contributed by atoms with E-state index in [4.69, 9.17) is 11.6 Å². The number of para-hydroxylation sites is 1. The van der Waals surface area contributed by atoms with Crippen LogP contribution in [0, 0.1) is 11.6 Å². The molecule has 0 atom stereocenters. The zero-order valence-electron chi connectivity index (χ0n) is 16.6. The largest absolute Gasteiger partial charge is 0.325 e. The first-order valence-corrected chi connectivity index (χ1v) is 10.8. The van der Waals surface area contributed by atoms with E-state index in [1.165, 1.54) is 36.0 Å². The second kappa shape index (κ2) is 9.93. The van der Waals surface area contributed by atoms with Crippen LogP contribution in [0.5, 0.6) is 0 Å². The summed E-state index contributed by atoms with van der Waals surface area (Å²) in [6.45, 7) is 0.363. The topological polar surface area (TPSA) is 59.8 Å². The standard InChI is InChI=1S/C23H17ClF2N4OS/c24-22-28-23(30(29-22)14-16-7-11-18(26)12-8-16)32-20-4-2-1-3-19(20)27-21(31)13-15-5-9-17(25)10-6-15/h1-12H,13-14H2,(H,27,31). The van der Waals surface area contributed by atoms with Gasteiger partial charge in [0.05, 0.1) is 18.7 Å². The first kappa shape index (κ1) is 22.0. The molecule has 4 rings (SSSR count). The monoisotopic (exact) mass is 470 g/mol. The minimum atomic E-state index is -0.348. The zero-order valence-corrected chi connectivity index (χ0v) is 18.2. The van der Waals surface area contributed by atoms with Crippen molar-refractivity contribution < 1.29 is 13.6 Å². The number of carbonyl (C=O) groups excluding carboxylic acids is 1. The fraction of sp³-hybridized carbons (Fsp3) is 0.0870. The van der Waals surface area contributed by atoms with E-state index < -0.39 is 0 Å². The van der Waals surface area contributed by atoms with Crippen LogP contribution >= 0.6 is 23.4 Å². The van der Waals surface area contributed by atoms with E-state index in [0.29, 0.717) is 23.0 Å². The number of aromatic nitrogens is 3. The summed E-state index contributed by atoms with van der Waals surface area (Å²) in [5, 5.41) is 7.72. The molecular formula is C23H17ClF2N4OS. The van der Waals surface area contributed by atoms with E-state index in [2.05, 4.69) is 15.4 Å². The molecular weight excluding hydrogens is 454 g/mol. The van der Waals surface area contributed by atoms with Gasteiger partial charge in [-0.1, -0.05) is 36.4 Å². The van der Waals surface area contributed by atoms with Crippen molar-refractivity contribution in [2.24, 2.45) is 0 Å². The van der Waals surface area contributed by atoms with E-state index in [-0.39, 0.29) is 29.2 Å². The van der Waals surface area contributed by atoms with Crippen LogP contribution in [0.1, 0.15) is 11.1 Å². The molecule has 0 spiro atoms. The molecule has 1 heterocycles. The highest BCUT2D eigenvalue weighted by Crippen LogP contribution is 2.33. The quantitative estimate of drug-likeness (QED) is 0.382. The Hall–Kier alpha value is -3.23. The van der Waals surface area contributed by atoms with Crippen LogP contribution in [-0.4, -0.2) is 20.7 Å². The second-order valence-electron chi connectivity index (χ2n) is 6.90. The Morgan fingerprint density at radius 3 is 2.25 bits per heavy atom. The Morgan fingerprint density at radius 2 is 1.56 bits per heavy atom. The molecule has 0 unspecified atom stereocenters. The van der Waals surface area contributed by atoms with Gasteiger partial charge in [0, 0.05) is 4.90 Å². The summed E-state index contributed by atoms with van der Waals surface area (Å²) in [5.41, 5.74) is 2.16. The average molecular weight is 471 g/mol.